The fourth-order valence-electron chi connectivity index (χ4n) is 1.98. The molecule has 1 aliphatic rings. The van der Waals surface area contributed by atoms with E-state index in [9.17, 15) is 14.0 Å². The van der Waals surface area contributed by atoms with Crippen LogP contribution in [0.2, 0.25) is 0 Å². The average Bonchev–Trinajstić information content (AvgIpc) is 2.26. The first-order chi connectivity index (χ1) is 8.55. The lowest BCUT2D eigenvalue weighted by Crippen LogP contribution is -2.52. The summed E-state index contributed by atoms with van der Waals surface area (Å²) >= 11 is 0. The van der Waals surface area contributed by atoms with Crippen LogP contribution in [0.25, 0.3) is 0 Å². The number of amides is 2. The van der Waals surface area contributed by atoms with E-state index in [1.165, 1.54) is 23.9 Å². The van der Waals surface area contributed by atoms with Crippen molar-refractivity contribution in [3.63, 3.8) is 0 Å². The van der Waals surface area contributed by atoms with E-state index in [4.69, 9.17) is 4.74 Å². The number of likely N-dealkylation sites (tertiary alicyclic amines) is 1. The summed E-state index contributed by atoms with van der Waals surface area (Å²) in [6.07, 6.45) is -0.418. The Kier molecular flexibility index (Phi) is 4.43. The minimum Gasteiger partial charge on any atom is -0.444 e. The van der Waals surface area contributed by atoms with Gasteiger partial charge >= 0.3 is 6.09 Å². The highest BCUT2D eigenvalue weighted by molar-refractivity contribution is 5.85. The van der Waals surface area contributed by atoms with Crippen molar-refractivity contribution < 1.29 is 18.7 Å². The van der Waals surface area contributed by atoms with E-state index < -0.39 is 23.3 Å². The van der Waals surface area contributed by atoms with Gasteiger partial charge in [-0.05, 0) is 20.8 Å². The molecule has 1 rings (SSSR count). The predicted molar refractivity (Wildman–Crippen MR) is 69.6 cm³/mol. The number of piperidine rings is 1. The molecule has 0 unspecified atom stereocenters. The van der Waals surface area contributed by atoms with E-state index in [2.05, 4.69) is 0 Å². The second-order valence-corrected chi connectivity index (χ2v) is 6.13. The van der Waals surface area contributed by atoms with Crippen LogP contribution >= 0.6 is 0 Å². The van der Waals surface area contributed by atoms with Crippen LogP contribution in [-0.2, 0) is 9.53 Å². The van der Waals surface area contributed by atoms with Gasteiger partial charge in [0.1, 0.15) is 5.60 Å². The Hall–Kier alpha value is -1.33. The molecule has 0 atom stereocenters. The molecule has 110 valence electrons. The van der Waals surface area contributed by atoms with Crippen LogP contribution in [-0.4, -0.2) is 60.3 Å². The summed E-state index contributed by atoms with van der Waals surface area (Å²) in [5.74, 6) is -0.531. The summed E-state index contributed by atoms with van der Waals surface area (Å²) in [6.45, 7) is 5.74. The second kappa shape index (κ2) is 5.35. The van der Waals surface area contributed by atoms with E-state index in [0.717, 1.165) is 0 Å². The van der Waals surface area contributed by atoms with E-state index in [1.807, 2.05) is 0 Å². The topological polar surface area (TPSA) is 49.9 Å². The van der Waals surface area contributed by atoms with Gasteiger partial charge in [0.05, 0.1) is 0 Å². The molecule has 0 N–H and O–H groups in total. The molecule has 1 aliphatic heterocycles. The van der Waals surface area contributed by atoms with Crippen LogP contribution in [0.15, 0.2) is 0 Å². The largest absolute Gasteiger partial charge is 0.444 e. The quantitative estimate of drug-likeness (QED) is 0.733. The molecule has 19 heavy (non-hydrogen) atoms. The van der Waals surface area contributed by atoms with Crippen molar-refractivity contribution >= 4 is 12.0 Å². The molecule has 0 saturated carbocycles. The van der Waals surface area contributed by atoms with Crippen LogP contribution in [0, 0.1) is 0 Å². The van der Waals surface area contributed by atoms with Gasteiger partial charge in [-0.1, -0.05) is 0 Å². The maximum Gasteiger partial charge on any atom is 0.410 e. The maximum absolute atomic E-state index is 14.4. The normalized spacial score (nSPS) is 18.9. The lowest BCUT2D eigenvalue weighted by atomic mass is 9.92. The lowest BCUT2D eigenvalue weighted by molar-refractivity contribution is -0.144. The molecular weight excluding hydrogens is 251 g/mol. The summed E-state index contributed by atoms with van der Waals surface area (Å²) < 4.78 is 19.6. The highest BCUT2D eigenvalue weighted by Gasteiger charge is 2.44. The SMILES string of the molecule is CN(C)C(=O)C1(F)CCN(C(=O)OC(C)(C)C)CC1. The maximum atomic E-state index is 14.4. The number of hydrogen-bond donors (Lipinski definition) is 0. The third kappa shape index (κ3) is 4.08. The molecule has 5 nitrogen and oxygen atoms in total. The third-order valence-electron chi connectivity index (χ3n) is 3.00. The molecule has 1 saturated heterocycles. The summed E-state index contributed by atoms with van der Waals surface area (Å²) in [7, 11) is 3.06. The molecule has 2 amide bonds. The second-order valence-electron chi connectivity index (χ2n) is 6.13. The highest BCUT2D eigenvalue weighted by atomic mass is 19.1. The Morgan fingerprint density at radius 3 is 2.05 bits per heavy atom. The molecule has 0 bridgehead atoms. The summed E-state index contributed by atoms with van der Waals surface area (Å²) in [5, 5.41) is 0. The van der Waals surface area contributed by atoms with Crippen molar-refractivity contribution in [2.45, 2.75) is 44.9 Å². The number of halogens is 1. The van der Waals surface area contributed by atoms with E-state index in [-0.39, 0.29) is 25.9 Å². The third-order valence-corrected chi connectivity index (χ3v) is 3.00. The zero-order valence-corrected chi connectivity index (χ0v) is 12.3. The average molecular weight is 274 g/mol. The van der Waals surface area contributed by atoms with Crippen LogP contribution in [0.3, 0.4) is 0 Å². The van der Waals surface area contributed by atoms with Crippen LogP contribution < -0.4 is 0 Å². The number of alkyl halides is 1. The Bertz CT molecular complexity index is 355. The molecule has 0 aliphatic carbocycles. The minimum atomic E-state index is -1.86. The summed E-state index contributed by atoms with van der Waals surface area (Å²) in [4.78, 5) is 26.3. The van der Waals surface area contributed by atoms with Gasteiger partial charge in [-0.2, -0.15) is 0 Å². The van der Waals surface area contributed by atoms with Gasteiger partial charge in [0.2, 0.25) is 0 Å². The summed E-state index contributed by atoms with van der Waals surface area (Å²) in [5.41, 5.74) is -2.43. The van der Waals surface area contributed by atoms with E-state index in [1.54, 1.807) is 20.8 Å². The Labute approximate surface area is 113 Å². The van der Waals surface area contributed by atoms with Crippen molar-refractivity contribution in [2.24, 2.45) is 0 Å². The van der Waals surface area contributed by atoms with Gasteiger partial charge in [-0.15, -0.1) is 0 Å². The van der Waals surface area contributed by atoms with Gasteiger partial charge in [0.25, 0.3) is 5.91 Å². The van der Waals surface area contributed by atoms with E-state index in [0.29, 0.717) is 0 Å². The molecule has 0 spiro atoms. The zero-order chi connectivity index (χ0) is 14.8. The number of hydrogen-bond acceptors (Lipinski definition) is 3. The molecule has 6 heteroatoms. The predicted octanol–water partition coefficient (Wildman–Crippen LogP) is 1.81. The number of rotatable bonds is 1. The van der Waals surface area contributed by atoms with Gasteiger partial charge in [-0.25, -0.2) is 9.18 Å². The monoisotopic (exact) mass is 274 g/mol. The standard InChI is InChI=1S/C13H23FN2O3/c1-12(2,3)19-11(18)16-8-6-13(14,7-9-16)10(17)15(4)5/h6-9H2,1-5H3. The Balaban J connectivity index is 2.58. The minimum absolute atomic E-state index is 0.0171. The molecule has 1 fully saturated rings. The molecule has 0 aromatic carbocycles. The number of carbonyl (C=O) groups is 2. The van der Waals surface area contributed by atoms with Crippen LogP contribution in [0.4, 0.5) is 9.18 Å². The van der Waals surface area contributed by atoms with Gasteiger partial charge < -0.3 is 14.5 Å². The zero-order valence-electron chi connectivity index (χ0n) is 12.3. The van der Waals surface area contributed by atoms with Gasteiger partial charge in [-0.3, -0.25) is 4.79 Å². The molecule has 1 heterocycles. The van der Waals surface area contributed by atoms with Crippen LogP contribution in [0.1, 0.15) is 33.6 Å². The van der Waals surface area contributed by atoms with Crippen molar-refractivity contribution in [2.75, 3.05) is 27.2 Å². The number of ether oxygens (including phenoxy) is 1. The molecule has 0 aromatic heterocycles. The van der Waals surface area contributed by atoms with Crippen molar-refractivity contribution in [1.82, 2.24) is 9.80 Å². The smallest absolute Gasteiger partial charge is 0.410 e. The Morgan fingerprint density at radius 2 is 1.68 bits per heavy atom. The fourth-order valence-corrected chi connectivity index (χ4v) is 1.98. The Morgan fingerprint density at radius 1 is 1.21 bits per heavy atom. The molecular formula is C13H23FN2O3. The number of nitrogens with zero attached hydrogens (tertiary/aromatic N) is 2. The first kappa shape index (κ1) is 15.7. The van der Waals surface area contributed by atoms with E-state index >= 15 is 0 Å². The number of carbonyl (C=O) groups excluding carboxylic acids is 2. The molecule has 0 aromatic rings. The molecule has 0 radical (unpaired) electrons. The van der Waals surface area contributed by atoms with Gasteiger partial charge in [0, 0.05) is 40.0 Å². The first-order valence-electron chi connectivity index (χ1n) is 6.44. The summed E-state index contributed by atoms with van der Waals surface area (Å²) in [6, 6.07) is 0. The first-order valence-corrected chi connectivity index (χ1v) is 6.44. The fraction of sp³-hybridized carbons (Fsp3) is 0.846. The highest BCUT2D eigenvalue weighted by Crippen LogP contribution is 2.29. The van der Waals surface area contributed by atoms with Gasteiger partial charge in [0.15, 0.2) is 5.67 Å². The van der Waals surface area contributed by atoms with Crippen molar-refractivity contribution in [3.8, 4) is 0 Å². The lowest BCUT2D eigenvalue weighted by Gasteiger charge is -2.37. The van der Waals surface area contributed by atoms with Crippen molar-refractivity contribution in [3.05, 3.63) is 0 Å². The van der Waals surface area contributed by atoms with Crippen LogP contribution in [0.5, 0.6) is 0 Å². The van der Waals surface area contributed by atoms with Crippen molar-refractivity contribution in [1.29, 1.82) is 0 Å².